The summed E-state index contributed by atoms with van der Waals surface area (Å²) in [5.74, 6) is 2.32. The first-order chi connectivity index (χ1) is 7.19. The van der Waals surface area contributed by atoms with Crippen molar-refractivity contribution in [3.63, 3.8) is 0 Å². The molecule has 1 rings (SSSR count). The SMILES string of the molecule is C#CCC(N)C(=O)c1cccc(CC)c1. The summed E-state index contributed by atoms with van der Waals surface area (Å²) in [5, 5.41) is 0. The van der Waals surface area contributed by atoms with Crippen molar-refractivity contribution < 1.29 is 4.79 Å². The van der Waals surface area contributed by atoms with E-state index in [2.05, 4.69) is 5.92 Å². The molecule has 1 unspecified atom stereocenters. The van der Waals surface area contributed by atoms with Crippen LogP contribution in [0.5, 0.6) is 0 Å². The number of carbonyl (C=O) groups is 1. The largest absolute Gasteiger partial charge is 0.320 e. The van der Waals surface area contributed by atoms with Gasteiger partial charge < -0.3 is 5.73 Å². The minimum Gasteiger partial charge on any atom is -0.320 e. The summed E-state index contributed by atoms with van der Waals surface area (Å²) in [6.07, 6.45) is 6.31. The Kier molecular flexibility index (Phi) is 4.08. The number of nitrogens with two attached hydrogens (primary N) is 1. The van der Waals surface area contributed by atoms with Crippen molar-refractivity contribution in [3.05, 3.63) is 35.4 Å². The third-order valence-corrected chi connectivity index (χ3v) is 2.29. The number of hydrogen-bond donors (Lipinski definition) is 1. The van der Waals surface area contributed by atoms with Crippen molar-refractivity contribution in [1.29, 1.82) is 0 Å². The predicted molar refractivity (Wildman–Crippen MR) is 61.6 cm³/mol. The minimum absolute atomic E-state index is 0.0803. The van der Waals surface area contributed by atoms with E-state index in [1.165, 1.54) is 0 Å². The molecule has 0 amide bonds. The molecule has 0 aliphatic rings. The van der Waals surface area contributed by atoms with E-state index in [1.54, 1.807) is 6.07 Å². The second-order valence-corrected chi connectivity index (χ2v) is 3.43. The summed E-state index contributed by atoms with van der Waals surface area (Å²) < 4.78 is 0. The van der Waals surface area contributed by atoms with Crippen LogP contribution < -0.4 is 5.73 Å². The van der Waals surface area contributed by atoms with Gasteiger partial charge in [0.25, 0.3) is 0 Å². The standard InChI is InChI=1S/C13H15NO/c1-3-6-12(14)13(15)11-8-5-7-10(4-2)9-11/h1,5,7-9,12H,4,6,14H2,2H3. The summed E-state index contributed by atoms with van der Waals surface area (Å²) in [6, 6.07) is 6.93. The quantitative estimate of drug-likeness (QED) is 0.596. The highest BCUT2D eigenvalue weighted by Crippen LogP contribution is 2.09. The van der Waals surface area contributed by atoms with Gasteiger partial charge in [-0.3, -0.25) is 4.79 Å². The molecule has 0 radical (unpaired) electrons. The molecule has 15 heavy (non-hydrogen) atoms. The van der Waals surface area contributed by atoms with Gasteiger partial charge in [0.15, 0.2) is 5.78 Å². The molecule has 0 bridgehead atoms. The predicted octanol–water partition coefficient (Wildman–Crippen LogP) is 1.78. The summed E-state index contributed by atoms with van der Waals surface area (Å²) in [7, 11) is 0. The third kappa shape index (κ3) is 2.93. The molecule has 1 atom stereocenters. The topological polar surface area (TPSA) is 43.1 Å². The van der Waals surface area contributed by atoms with Crippen LogP contribution in [0.2, 0.25) is 0 Å². The van der Waals surface area contributed by atoms with Crippen molar-refractivity contribution in [2.24, 2.45) is 5.73 Å². The van der Waals surface area contributed by atoms with Gasteiger partial charge in [-0.25, -0.2) is 0 Å². The highest BCUT2D eigenvalue weighted by atomic mass is 16.1. The lowest BCUT2D eigenvalue weighted by atomic mass is 10.00. The number of carbonyl (C=O) groups excluding carboxylic acids is 1. The molecular formula is C13H15NO. The Morgan fingerprint density at radius 1 is 1.60 bits per heavy atom. The van der Waals surface area contributed by atoms with Crippen molar-refractivity contribution in [3.8, 4) is 12.3 Å². The Bertz CT molecular complexity index is 390. The number of hydrogen-bond acceptors (Lipinski definition) is 2. The van der Waals surface area contributed by atoms with Crippen LogP contribution in [0.25, 0.3) is 0 Å². The molecule has 2 N–H and O–H groups in total. The molecule has 2 heteroatoms. The fraction of sp³-hybridized carbons (Fsp3) is 0.308. The molecule has 0 saturated heterocycles. The van der Waals surface area contributed by atoms with Gasteiger partial charge in [0.1, 0.15) is 0 Å². The number of aryl methyl sites for hydroxylation is 1. The smallest absolute Gasteiger partial charge is 0.180 e. The molecular weight excluding hydrogens is 186 g/mol. The minimum atomic E-state index is -0.581. The maximum atomic E-state index is 11.8. The molecule has 2 nitrogen and oxygen atoms in total. The lowest BCUT2D eigenvalue weighted by Crippen LogP contribution is -2.29. The van der Waals surface area contributed by atoms with Crippen LogP contribution in [-0.4, -0.2) is 11.8 Å². The fourth-order valence-electron chi connectivity index (χ4n) is 1.38. The zero-order valence-electron chi connectivity index (χ0n) is 8.86. The average molecular weight is 201 g/mol. The van der Waals surface area contributed by atoms with E-state index >= 15 is 0 Å². The van der Waals surface area contributed by atoms with Gasteiger partial charge in [0.05, 0.1) is 6.04 Å². The molecule has 0 aliphatic carbocycles. The number of rotatable bonds is 4. The Morgan fingerprint density at radius 2 is 2.33 bits per heavy atom. The Morgan fingerprint density at radius 3 is 2.93 bits per heavy atom. The Labute approximate surface area is 90.5 Å². The van der Waals surface area contributed by atoms with E-state index in [0.717, 1.165) is 12.0 Å². The van der Waals surface area contributed by atoms with E-state index in [1.807, 2.05) is 25.1 Å². The number of ketones is 1. The van der Waals surface area contributed by atoms with Gasteiger partial charge in [-0.1, -0.05) is 25.1 Å². The van der Waals surface area contributed by atoms with Gasteiger partial charge >= 0.3 is 0 Å². The van der Waals surface area contributed by atoms with Gasteiger partial charge in [-0.15, -0.1) is 12.3 Å². The first kappa shape index (κ1) is 11.5. The zero-order chi connectivity index (χ0) is 11.3. The highest BCUT2D eigenvalue weighted by Gasteiger charge is 2.14. The van der Waals surface area contributed by atoms with Crippen molar-refractivity contribution in [2.45, 2.75) is 25.8 Å². The van der Waals surface area contributed by atoms with Crippen molar-refractivity contribution in [1.82, 2.24) is 0 Å². The van der Waals surface area contributed by atoms with E-state index < -0.39 is 6.04 Å². The Hall–Kier alpha value is -1.59. The lowest BCUT2D eigenvalue weighted by Gasteiger charge is -2.07. The highest BCUT2D eigenvalue weighted by molar-refractivity contribution is 6.00. The Balaban J connectivity index is 2.87. The molecule has 0 heterocycles. The van der Waals surface area contributed by atoms with Crippen LogP contribution in [-0.2, 0) is 6.42 Å². The van der Waals surface area contributed by atoms with Gasteiger partial charge in [-0.05, 0) is 18.1 Å². The maximum absolute atomic E-state index is 11.8. The fourth-order valence-corrected chi connectivity index (χ4v) is 1.38. The van der Waals surface area contributed by atoms with E-state index in [0.29, 0.717) is 5.56 Å². The van der Waals surface area contributed by atoms with E-state index in [9.17, 15) is 4.79 Å². The normalized spacial score (nSPS) is 11.8. The molecule has 1 aromatic rings. The lowest BCUT2D eigenvalue weighted by molar-refractivity contribution is 0.0963. The van der Waals surface area contributed by atoms with Crippen LogP contribution in [0.15, 0.2) is 24.3 Å². The van der Waals surface area contributed by atoms with Crippen molar-refractivity contribution in [2.75, 3.05) is 0 Å². The van der Waals surface area contributed by atoms with Gasteiger partial charge in [-0.2, -0.15) is 0 Å². The van der Waals surface area contributed by atoms with Gasteiger partial charge in [0, 0.05) is 12.0 Å². The molecule has 1 aromatic carbocycles. The van der Waals surface area contributed by atoms with Crippen LogP contribution in [0.4, 0.5) is 0 Å². The first-order valence-corrected chi connectivity index (χ1v) is 5.01. The van der Waals surface area contributed by atoms with Gasteiger partial charge in [0.2, 0.25) is 0 Å². The van der Waals surface area contributed by atoms with Crippen molar-refractivity contribution >= 4 is 5.78 Å². The van der Waals surface area contributed by atoms with E-state index in [4.69, 9.17) is 12.2 Å². The molecule has 78 valence electrons. The second kappa shape index (κ2) is 5.33. The zero-order valence-corrected chi connectivity index (χ0v) is 8.86. The molecule has 0 saturated carbocycles. The molecule has 0 aromatic heterocycles. The molecule has 0 fully saturated rings. The van der Waals surface area contributed by atoms with Crippen LogP contribution in [0.1, 0.15) is 29.3 Å². The second-order valence-electron chi connectivity index (χ2n) is 3.43. The number of benzene rings is 1. The average Bonchev–Trinajstić information content (AvgIpc) is 2.28. The maximum Gasteiger partial charge on any atom is 0.180 e. The summed E-state index contributed by atoms with van der Waals surface area (Å²) in [6.45, 7) is 2.05. The van der Waals surface area contributed by atoms with E-state index in [-0.39, 0.29) is 12.2 Å². The molecule has 0 aliphatic heterocycles. The monoisotopic (exact) mass is 201 g/mol. The summed E-state index contributed by atoms with van der Waals surface area (Å²) in [5.41, 5.74) is 7.44. The summed E-state index contributed by atoms with van der Waals surface area (Å²) in [4.78, 5) is 11.8. The third-order valence-electron chi connectivity index (χ3n) is 2.29. The van der Waals surface area contributed by atoms with Crippen LogP contribution >= 0.6 is 0 Å². The summed E-state index contributed by atoms with van der Waals surface area (Å²) >= 11 is 0. The number of terminal acetylenes is 1. The van der Waals surface area contributed by atoms with Crippen LogP contribution in [0.3, 0.4) is 0 Å². The van der Waals surface area contributed by atoms with Crippen LogP contribution in [0, 0.1) is 12.3 Å². The molecule has 0 spiro atoms. The number of Topliss-reactive ketones (excluding diaryl/α,β-unsaturated/α-hetero) is 1. The first-order valence-electron chi connectivity index (χ1n) is 5.01.